The number of aromatic amines is 1. The fourth-order valence-electron chi connectivity index (χ4n) is 1.85. The van der Waals surface area contributed by atoms with E-state index in [-0.39, 0.29) is 12.6 Å². The molecule has 0 saturated heterocycles. The van der Waals surface area contributed by atoms with Gasteiger partial charge < -0.3 is 5.73 Å². The van der Waals surface area contributed by atoms with Crippen molar-refractivity contribution in [2.75, 3.05) is 0 Å². The molecule has 19 heavy (non-hydrogen) atoms. The lowest BCUT2D eigenvalue weighted by atomic mass is 10.2. The highest BCUT2D eigenvalue weighted by Gasteiger charge is 2.24. The van der Waals surface area contributed by atoms with Crippen LogP contribution < -0.4 is 10.5 Å². The molecule has 4 N–H and O–H groups in total. The average molecular weight is 300 g/mol. The molecule has 0 fully saturated rings. The average Bonchev–Trinajstić information content (AvgIpc) is 2.96. The summed E-state index contributed by atoms with van der Waals surface area (Å²) in [5, 5.41) is 8.28. The third-order valence-electron chi connectivity index (χ3n) is 2.79. The fraction of sp³-hybridized carbons (Fsp3) is 0.364. The summed E-state index contributed by atoms with van der Waals surface area (Å²) >= 11 is 1.36. The van der Waals surface area contributed by atoms with E-state index in [9.17, 15) is 8.42 Å². The molecule has 0 aliphatic rings. The van der Waals surface area contributed by atoms with Gasteiger partial charge in [0, 0.05) is 29.2 Å². The maximum absolute atomic E-state index is 12.4. The maximum atomic E-state index is 12.4. The Morgan fingerprint density at radius 3 is 2.89 bits per heavy atom. The Labute approximate surface area is 116 Å². The highest BCUT2D eigenvalue weighted by atomic mass is 32.2. The van der Waals surface area contributed by atoms with Crippen LogP contribution in [0.2, 0.25) is 0 Å². The number of rotatable bonds is 5. The van der Waals surface area contributed by atoms with Crippen molar-refractivity contribution in [1.82, 2.24) is 14.9 Å². The molecule has 104 valence electrons. The summed E-state index contributed by atoms with van der Waals surface area (Å²) in [6.07, 6.45) is 3.26. The van der Waals surface area contributed by atoms with Crippen molar-refractivity contribution in [2.45, 2.75) is 31.3 Å². The first kappa shape index (κ1) is 14.2. The van der Waals surface area contributed by atoms with E-state index >= 15 is 0 Å². The molecule has 2 rings (SSSR count). The SMILES string of the molecule is Cc1csc(CN)c1S(=O)(=O)NC(C)c1cn[nH]c1. The van der Waals surface area contributed by atoms with Crippen LogP contribution in [0.1, 0.15) is 29.0 Å². The zero-order chi connectivity index (χ0) is 14.0. The number of nitrogens with one attached hydrogen (secondary N) is 2. The monoisotopic (exact) mass is 300 g/mol. The second-order valence-corrected chi connectivity index (χ2v) is 6.86. The lowest BCUT2D eigenvalue weighted by Crippen LogP contribution is -2.27. The van der Waals surface area contributed by atoms with Crippen LogP contribution in [0.15, 0.2) is 22.7 Å². The molecule has 1 atom stereocenters. The number of thiophene rings is 1. The molecule has 2 aromatic rings. The van der Waals surface area contributed by atoms with Crippen LogP contribution in [0.25, 0.3) is 0 Å². The molecule has 0 spiro atoms. The van der Waals surface area contributed by atoms with E-state index in [1.807, 2.05) is 0 Å². The van der Waals surface area contributed by atoms with Gasteiger partial charge in [-0.2, -0.15) is 5.10 Å². The van der Waals surface area contributed by atoms with Crippen LogP contribution in [0.3, 0.4) is 0 Å². The second kappa shape index (κ2) is 5.41. The first-order valence-electron chi connectivity index (χ1n) is 5.73. The summed E-state index contributed by atoms with van der Waals surface area (Å²) in [4.78, 5) is 0.972. The van der Waals surface area contributed by atoms with E-state index < -0.39 is 10.0 Å². The quantitative estimate of drug-likeness (QED) is 0.774. The Morgan fingerprint density at radius 1 is 1.58 bits per heavy atom. The molecule has 1 unspecified atom stereocenters. The standard InChI is InChI=1S/C11H16N4O2S2/c1-7-6-18-10(3-12)11(7)19(16,17)15-8(2)9-4-13-14-5-9/h4-6,8,15H,3,12H2,1-2H3,(H,13,14). The van der Waals surface area contributed by atoms with E-state index in [1.54, 1.807) is 31.6 Å². The topological polar surface area (TPSA) is 101 Å². The number of aryl methyl sites for hydroxylation is 1. The highest BCUT2D eigenvalue weighted by molar-refractivity contribution is 7.89. The Morgan fingerprint density at radius 2 is 2.32 bits per heavy atom. The normalized spacial score (nSPS) is 13.6. The van der Waals surface area contributed by atoms with Gasteiger partial charge in [-0.1, -0.05) is 0 Å². The number of nitrogens with zero attached hydrogens (tertiary/aromatic N) is 1. The predicted molar refractivity (Wildman–Crippen MR) is 74.3 cm³/mol. The number of hydrogen-bond donors (Lipinski definition) is 3. The van der Waals surface area contributed by atoms with Gasteiger partial charge in [0.05, 0.1) is 6.20 Å². The van der Waals surface area contributed by atoms with Crippen molar-refractivity contribution < 1.29 is 8.42 Å². The zero-order valence-electron chi connectivity index (χ0n) is 10.7. The van der Waals surface area contributed by atoms with Crippen LogP contribution in [0, 0.1) is 6.92 Å². The van der Waals surface area contributed by atoms with Crippen molar-refractivity contribution in [3.8, 4) is 0 Å². The minimum atomic E-state index is -3.58. The smallest absolute Gasteiger partial charge is 0.242 e. The summed E-state index contributed by atoms with van der Waals surface area (Å²) in [5.74, 6) is 0. The van der Waals surface area contributed by atoms with Crippen LogP contribution in [0.5, 0.6) is 0 Å². The Kier molecular flexibility index (Phi) is 4.04. The fourth-order valence-corrected chi connectivity index (χ4v) is 4.78. The number of sulfonamides is 1. The van der Waals surface area contributed by atoms with Gasteiger partial charge >= 0.3 is 0 Å². The van der Waals surface area contributed by atoms with Gasteiger partial charge in [-0.05, 0) is 24.8 Å². The van der Waals surface area contributed by atoms with Crippen molar-refractivity contribution >= 4 is 21.4 Å². The molecule has 0 radical (unpaired) electrons. The molecule has 0 aliphatic carbocycles. The second-order valence-electron chi connectivity index (χ2n) is 4.25. The Balaban J connectivity index is 2.30. The number of aromatic nitrogens is 2. The molecule has 0 saturated carbocycles. The molecule has 0 amide bonds. The summed E-state index contributed by atoms with van der Waals surface area (Å²) in [7, 11) is -3.58. The molecule has 0 aliphatic heterocycles. The first-order valence-corrected chi connectivity index (χ1v) is 8.10. The Bertz CT molecular complexity index is 646. The lowest BCUT2D eigenvalue weighted by Gasteiger charge is -2.13. The van der Waals surface area contributed by atoms with Crippen molar-refractivity contribution in [1.29, 1.82) is 0 Å². The lowest BCUT2D eigenvalue weighted by molar-refractivity contribution is 0.566. The molecule has 0 bridgehead atoms. The van der Waals surface area contributed by atoms with E-state index in [4.69, 9.17) is 5.73 Å². The van der Waals surface area contributed by atoms with Gasteiger partial charge in [-0.15, -0.1) is 11.3 Å². The summed E-state index contributed by atoms with van der Waals surface area (Å²) in [6.45, 7) is 3.76. The summed E-state index contributed by atoms with van der Waals surface area (Å²) < 4.78 is 27.5. The molecule has 2 aromatic heterocycles. The predicted octanol–water partition coefficient (Wildman–Crippen LogP) is 1.28. The molecule has 8 heteroatoms. The van der Waals surface area contributed by atoms with Gasteiger partial charge in [0.25, 0.3) is 0 Å². The van der Waals surface area contributed by atoms with Gasteiger partial charge in [0.2, 0.25) is 10.0 Å². The van der Waals surface area contributed by atoms with E-state index in [1.165, 1.54) is 11.3 Å². The first-order chi connectivity index (χ1) is 8.95. The van der Waals surface area contributed by atoms with Gasteiger partial charge in [-0.25, -0.2) is 13.1 Å². The van der Waals surface area contributed by atoms with Gasteiger partial charge in [0.1, 0.15) is 4.90 Å². The molecular formula is C11H16N4O2S2. The van der Waals surface area contributed by atoms with E-state index in [0.29, 0.717) is 9.77 Å². The van der Waals surface area contributed by atoms with E-state index in [2.05, 4.69) is 14.9 Å². The molecule has 2 heterocycles. The van der Waals surface area contributed by atoms with Gasteiger partial charge in [0.15, 0.2) is 0 Å². The van der Waals surface area contributed by atoms with E-state index in [0.717, 1.165) is 11.1 Å². The molecule has 6 nitrogen and oxygen atoms in total. The number of H-pyrrole nitrogens is 1. The number of nitrogens with two attached hydrogens (primary N) is 1. The third kappa shape index (κ3) is 2.86. The highest BCUT2D eigenvalue weighted by Crippen LogP contribution is 2.27. The molecule has 0 aromatic carbocycles. The minimum Gasteiger partial charge on any atom is -0.326 e. The van der Waals surface area contributed by atoms with Crippen molar-refractivity contribution in [3.63, 3.8) is 0 Å². The maximum Gasteiger partial charge on any atom is 0.242 e. The van der Waals surface area contributed by atoms with Crippen molar-refractivity contribution in [2.24, 2.45) is 5.73 Å². The zero-order valence-corrected chi connectivity index (χ0v) is 12.3. The van der Waals surface area contributed by atoms with Crippen LogP contribution in [-0.4, -0.2) is 18.6 Å². The van der Waals surface area contributed by atoms with Crippen LogP contribution in [-0.2, 0) is 16.6 Å². The Hall–Kier alpha value is -1.22. The van der Waals surface area contributed by atoms with Crippen LogP contribution >= 0.6 is 11.3 Å². The molecular weight excluding hydrogens is 284 g/mol. The van der Waals surface area contributed by atoms with Crippen LogP contribution in [0.4, 0.5) is 0 Å². The minimum absolute atomic E-state index is 0.217. The third-order valence-corrected chi connectivity index (χ3v) is 5.82. The summed E-state index contributed by atoms with van der Waals surface area (Å²) in [6, 6.07) is -0.353. The largest absolute Gasteiger partial charge is 0.326 e. The summed E-state index contributed by atoms with van der Waals surface area (Å²) in [5.41, 5.74) is 7.09. The number of hydrogen-bond acceptors (Lipinski definition) is 5. The van der Waals surface area contributed by atoms with Crippen molar-refractivity contribution in [3.05, 3.63) is 33.8 Å². The van der Waals surface area contributed by atoms with Gasteiger partial charge in [-0.3, -0.25) is 5.10 Å².